The van der Waals surface area contributed by atoms with Crippen LogP contribution in [0.1, 0.15) is 18.3 Å². The standard InChI is InChI=1S/C19H26N4O5S/c1-4-28-17-8-6-5-7-16(17)20-18(24)13-23-15(3)19(14(2)21-23)29(25,26)22-9-11-27-12-10-22/h5-8H,4,9-13H2,1-3H3,(H,20,24). The zero-order valence-corrected chi connectivity index (χ0v) is 17.7. The Balaban J connectivity index is 1.79. The first-order valence-corrected chi connectivity index (χ1v) is 10.9. The molecule has 10 heteroatoms. The molecule has 0 bridgehead atoms. The molecule has 1 aliphatic heterocycles. The Morgan fingerprint density at radius 2 is 1.93 bits per heavy atom. The van der Waals surface area contributed by atoms with Gasteiger partial charge in [0.25, 0.3) is 0 Å². The molecule has 0 spiro atoms. The average Bonchev–Trinajstić information content (AvgIpc) is 2.98. The van der Waals surface area contributed by atoms with Crippen molar-refractivity contribution < 1.29 is 22.7 Å². The van der Waals surface area contributed by atoms with Crippen molar-refractivity contribution in [3.8, 4) is 5.75 Å². The molecular weight excluding hydrogens is 396 g/mol. The molecule has 1 N–H and O–H groups in total. The highest BCUT2D eigenvalue weighted by Gasteiger charge is 2.32. The Morgan fingerprint density at radius 3 is 2.62 bits per heavy atom. The van der Waals surface area contributed by atoms with Gasteiger partial charge in [-0.25, -0.2) is 8.42 Å². The molecule has 0 radical (unpaired) electrons. The molecule has 0 atom stereocenters. The number of hydrogen-bond acceptors (Lipinski definition) is 6. The first-order valence-electron chi connectivity index (χ1n) is 9.48. The van der Waals surface area contributed by atoms with Crippen LogP contribution in [0.25, 0.3) is 0 Å². The second kappa shape index (κ2) is 8.93. The summed E-state index contributed by atoms with van der Waals surface area (Å²) < 4.78 is 39.6. The molecule has 1 fully saturated rings. The van der Waals surface area contributed by atoms with E-state index in [0.29, 0.717) is 55.7 Å². The minimum atomic E-state index is -3.69. The topological polar surface area (TPSA) is 103 Å². The van der Waals surface area contributed by atoms with E-state index in [1.54, 1.807) is 32.0 Å². The third-order valence-electron chi connectivity index (χ3n) is 4.64. The normalized spacial score (nSPS) is 15.3. The lowest BCUT2D eigenvalue weighted by Gasteiger charge is -2.26. The van der Waals surface area contributed by atoms with E-state index in [9.17, 15) is 13.2 Å². The number of hydrogen-bond donors (Lipinski definition) is 1. The van der Waals surface area contributed by atoms with Crippen LogP contribution in [-0.2, 0) is 26.1 Å². The fourth-order valence-electron chi connectivity index (χ4n) is 3.30. The number of nitrogens with zero attached hydrogens (tertiary/aromatic N) is 3. The first kappa shape index (κ1) is 21.3. The van der Waals surface area contributed by atoms with Crippen LogP contribution in [0.3, 0.4) is 0 Å². The SMILES string of the molecule is CCOc1ccccc1NC(=O)Cn1nc(C)c(S(=O)(=O)N2CCOCC2)c1C. The van der Waals surface area contributed by atoms with Crippen molar-refractivity contribution >= 4 is 21.6 Å². The Kier molecular flexibility index (Phi) is 6.56. The van der Waals surface area contributed by atoms with Crippen molar-refractivity contribution in [2.75, 3.05) is 38.2 Å². The van der Waals surface area contributed by atoms with Crippen LogP contribution in [0.2, 0.25) is 0 Å². The van der Waals surface area contributed by atoms with Gasteiger partial charge in [-0.1, -0.05) is 12.1 Å². The quantitative estimate of drug-likeness (QED) is 0.726. The van der Waals surface area contributed by atoms with E-state index in [1.165, 1.54) is 8.99 Å². The van der Waals surface area contributed by atoms with Crippen molar-refractivity contribution in [2.45, 2.75) is 32.2 Å². The molecule has 0 unspecified atom stereocenters. The lowest BCUT2D eigenvalue weighted by Crippen LogP contribution is -2.41. The van der Waals surface area contributed by atoms with Gasteiger partial charge in [0, 0.05) is 13.1 Å². The summed E-state index contributed by atoms with van der Waals surface area (Å²) in [7, 11) is -3.69. The number of ether oxygens (including phenoxy) is 2. The molecule has 3 rings (SSSR count). The monoisotopic (exact) mass is 422 g/mol. The number of aryl methyl sites for hydroxylation is 1. The molecule has 0 aliphatic carbocycles. The molecule has 1 aromatic carbocycles. The number of aromatic nitrogens is 2. The summed E-state index contributed by atoms with van der Waals surface area (Å²) >= 11 is 0. The van der Waals surface area contributed by atoms with Gasteiger partial charge in [-0.2, -0.15) is 9.40 Å². The maximum absolute atomic E-state index is 13.0. The number of amides is 1. The van der Waals surface area contributed by atoms with Gasteiger partial charge in [-0.3, -0.25) is 9.48 Å². The smallest absolute Gasteiger partial charge is 0.246 e. The van der Waals surface area contributed by atoms with E-state index in [4.69, 9.17) is 9.47 Å². The van der Waals surface area contributed by atoms with Gasteiger partial charge < -0.3 is 14.8 Å². The molecular formula is C19H26N4O5S. The highest BCUT2D eigenvalue weighted by atomic mass is 32.2. The summed E-state index contributed by atoms with van der Waals surface area (Å²) in [6.07, 6.45) is 0. The molecule has 1 amide bonds. The summed E-state index contributed by atoms with van der Waals surface area (Å²) in [5.74, 6) is 0.255. The predicted octanol–water partition coefficient (Wildman–Crippen LogP) is 1.56. The molecule has 1 saturated heterocycles. The number of carbonyl (C=O) groups excluding carboxylic acids is 1. The summed E-state index contributed by atoms with van der Waals surface area (Å²) in [5, 5.41) is 7.10. The highest BCUT2D eigenvalue weighted by Crippen LogP contribution is 2.26. The van der Waals surface area contributed by atoms with Crippen LogP contribution in [0.15, 0.2) is 29.2 Å². The Bertz CT molecular complexity index is 980. The molecule has 2 aromatic rings. The number of sulfonamides is 1. The van der Waals surface area contributed by atoms with Gasteiger partial charge in [-0.05, 0) is 32.9 Å². The minimum Gasteiger partial charge on any atom is -0.492 e. The van der Waals surface area contributed by atoms with E-state index in [2.05, 4.69) is 10.4 Å². The van der Waals surface area contributed by atoms with Gasteiger partial charge in [0.2, 0.25) is 15.9 Å². The van der Waals surface area contributed by atoms with Crippen LogP contribution < -0.4 is 10.1 Å². The zero-order valence-electron chi connectivity index (χ0n) is 16.8. The van der Waals surface area contributed by atoms with Gasteiger partial charge in [0.15, 0.2) is 0 Å². The Labute approximate surface area is 170 Å². The van der Waals surface area contributed by atoms with Gasteiger partial charge in [0.05, 0.1) is 36.9 Å². The summed E-state index contributed by atoms with van der Waals surface area (Å²) in [6, 6.07) is 7.15. The molecule has 1 aromatic heterocycles. The first-order chi connectivity index (χ1) is 13.8. The number of rotatable bonds is 7. The number of carbonyl (C=O) groups is 1. The lowest BCUT2D eigenvalue weighted by molar-refractivity contribution is -0.117. The van der Waals surface area contributed by atoms with Crippen LogP contribution in [0.4, 0.5) is 5.69 Å². The van der Waals surface area contributed by atoms with Crippen molar-refractivity contribution in [1.29, 1.82) is 0 Å². The van der Waals surface area contributed by atoms with Gasteiger partial charge in [-0.15, -0.1) is 0 Å². The van der Waals surface area contributed by atoms with E-state index >= 15 is 0 Å². The number of para-hydroxylation sites is 2. The van der Waals surface area contributed by atoms with Crippen molar-refractivity contribution in [3.63, 3.8) is 0 Å². The van der Waals surface area contributed by atoms with Crippen LogP contribution in [0, 0.1) is 13.8 Å². The number of anilines is 1. The third kappa shape index (κ3) is 4.60. The van der Waals surface area contributed by atoms with Crippen LogP contribution in [0.5, 0.6) is 5.75 Å². The Hall–Kier alpha value is -2.43. The van der Waals surface area contributed by atoms with Crippen LogP contribution >= 0.6 is 0 Å². The van der Waals surface area contributed by atoms with Crippen LogP contribution in [-0.4, -0.2) is 61.3 Å². The third-order valence-corrected chi connectivity index (χ3v) is 6.79. The highest BCUT2D eigenvalue weighted by molar-refractivity contribution is 7.89. The average molecular weight is 423 g/mol. The summed E-state index contributed by atoms with van der Waals surface area (Å²) in [5.41, 5.74) is 1.36. The van der Waals surface area contributed by atoms with Crippen molar-refractivity contribution in [1.82, 2.24) is 14.1 Å². The molecule has 9 nitrogen and oxygen atoms in total. The lowest BCUT2D eigenvalue weighted by atomic mass is 10.3. The molecule has 2 heterocycles. The van der Waals surface area contributed by atoms with E-state index in [0.717, 1.165) is 0 Å². The minimum absolute atomic E-state index is 0.105. The maximum Gasteiger partial charge on any atom is 0.246 e. The number of benzene rings is 1. The maximum atomic E-state index is 13.0. The zero-order chi connectivity index (χ0) is 21.0. The van der Waals surface area contributed by atoms with E-state index in [-0.39, 0.29) is 17.3 Å². The number of morpholine rings is 1. The largest absolute Gasteiger partial charge is 0.492 e. The van der Waals surface area contributed by atoms with Gasteiger partial charge in [0.1, 0.15) is 17.2 Å². The Morgan fingerprint density at radius 1 is 1.24 bits per heavy atom. The molecule has 158 valence electrons. The molecule has 29 heavy (non-hydrogen) atoms. The fourth-order valence-corrected chi connectivity index (χ4v) is 5.08. The van der Waals surface area contributed by atoms with E-state index in [1.807, 2.05) is 13.0 Å². The fraction of sp³-hybridized carbons (Fsp3) is 0.474. The second-order valence-corrected chi connectivity index (χ2v) is 8.53. The summed E-state index contributed by atoms with van der Waals surface area (Å²) in [6.45, 7) is 6.89. The van der Waals surface area contributed by atoms with Crippen molar-refractivity contribution in [2.24, 2.45) is 0 Å². The molecule has 1 aliphatic rings. The predicted molar refractivity (Wildman–Crippen MR) is 108 cm³/mol. The number of nitrogens with one attached hydrogen (secondary N) is 1. The van der Waals surface area contributed by atoms with Gasteiger partial charge >= 0.3 is 0 Å². The van der Waals surface area contributed by atoms with Crippen molar-refractivity contribution in [3.05, 3.63) is 35.7 Å². The summed E-state index contributed by atoms with van der Waals surface area (Å²) in [4.78, 5) is 12.7. The molecule has 0 saturated carbocycles. The second-order valence-electron chi connectivity index (χ2n) is 6.65. The van der Waals surface area contributed by atoms with E-state index < -0.39 is 10.0 Å².